The van der Waals surface area contributed by atoms with Crippen molar-refractivity contribution in [3.05, 3.63) is 29.6 Å². The number of carbonyl (C=O) groups is 2. The van der Waals surface area contributed by atoms with Crippen molar-refractivity contribution in [2.75, 3.05) is 19.6 Å². The fourth-order valence-corrected chi connectivity index (χ4v) is 3.82. The average molecular weight is 387 g/mol. The molecule has 0 fully saturated rings. The van der Waals surface area contributed by atoms with Crippen molar-refractivity contribution in [2.45, 2.75) is 45.1 Å². The largest absolute Gasteiger partial charge is 0.354 e. The highest BCUT2D eigenvalue weighted by molar-refractivity contribution is 7.89. The van der Waals surface area contributed by atoms with E-state index < -0.39 is 21.7 Å². The molecule has 0 saturated carbocycles. The third-order valence-corrected chi connectivity index (χ3v) is 5.66. The monoisotopic (exact) mass is 387 g/mol. The molecule has 26 heavy (non-hydrogen) atoms. The summed E-state index contributed by atoms with van der Waals surface area (Å²) in [6.07, 6.45) is 0.0446. The van der Waals surface area contributed by atoms with Crippen molar-refractivity contribution in [1.29, 1.82) is 0 Å². The summed E-state index contributed by atoms with van der Waals surface area (Å²) in [6, 6.07) is 3.09. The molecule has 1 aromatic rings. The third kappa shape index (κ3) is 5.77. The molecule has 1 aromatic carbocycles. The second kappa shape index (κ2) is 9.63. The first kappa shape index (κ1) is 22.0. The van der Waals surface area contributed by atoms with E-state index in [1.165, 1.54) is 4.31 Å². The molecule has 0 aliphatic heterocycles. The molecular weight excluding hydrogens is 361 g/mol. The number of rotatable bonds is 9. The Morgan fingerprint density at radius 3 is 2.35 bits per heavy atom. The SMILES string of the molecule is CCN(CC)S(=O)(=O)c1ccc(F)c(C(=O)NCCC(=O)NC(C)C)c1. The van der Waals surface area contributed by atoms with E-state index in [1.807, 2.05) is 13.8 Å². The van der Waals surface area contributed by atoms with Crippen LogP contribution in [0.5, 0.6) is 0 Å². The summed E-state index contributed by atoms with van der Waals surface area (Å²) >= 11 is 0. The van der Waals surface area contributed by atoms with Crippen molar-refractivity contribution >= 4 is 21.8 Å². The van der Waals surface area contributed by atoms with Crippen molar-refractivity contribution in [2.24, 2.45) is 0 Å². The number of nitrogens with one attached hydrogen (secondary N) is 2. The first-order valence-electron chi connectivity index (χ1n) is 8.50. The van der Waals surface area contributed by atoms with Gasteiger partial charge in [0.25, 0.3) is 5.91 Å². The lowest BCUT2D eigenvalue weighted by molar-refractivity contribution is -0.121. The first-order valence-corrected chi connectivity index (χ1v) is 9.94. The van der Waals surface area contributed by atoms with Crippen molar-refractivity contribution in [3.63, 3.8) is 0 Å². The van der Waals surface area contributed by atoms with E-state index in [1.54, 1.807) is 13.8 Å². The molecule has 0 unspecified atom stereocenters. The Bertz CT molecular complexity index is 746. The normalized spacial score (nSPS) is 11.7. The minimum absolute atomic E-state index is 0.0161. The van der Waals surface area contributed by atoms with Crippen molar-refractivity contribution < 1.29 is 22.4 Å². The van der Waals surface area contributed by atoms with Gasteiger partial charge in [-0.3, -0.25) is 9.59 Å². The Morgan fingerprint density at radius 1 is 1.19 bits per heavy atom. The van der Waals surface area contributed by atoms with Gasteiger partial charge in [0.1, 0.15) is 5.82 Å². The molecule has 0 aliphatic carbocycles. The number of hydrogen-bond acceptors (Lipinski definition) is 4. The lowest BCUT2D eigenvalue weighted by atomic mass is 10.2. The molecule has 2 amide bonds. The maximum Gasteiger partial charge on any atom is 0.254 e. The van der Waals surface area contributed by atoms with Crippen LogP contribution in [0, 0.1) is 5.82 Å². The van der Waals surface area contributed by atoms with Gasteiger partial charge in [-0.2, -0.15) is 4.31 Å². The van der Waals surface area contributed by atoms with E-state index in [-0.39, 0.29) is 48.5 Å². The maximum atomic E-state index is 14.0. The van der Waals surface area contributed by atoms with Crippen LogP contribution in [0.4, 0.5) is 4.39 Å². The van der Waals surface area contributed by atoms with E-state index in [2.05, 4.69) is 10.6 Å². The number of hydrogen-bond donors (Lipinski definition) is 2. The predicted octanol–water partition coefficient (Wildman–Crippen LogP) is 1.50. The minimum atomic E-state index is -3.80. The highest BCUT2D eigenvalue weighted by atomic mass is 32.2. The lowest BCUT2D eigenvalue weighted by Crippen LogP contribution is -2.34. The smallest absolute Gasteiger partial charge is 0.254 e. The van der Waals surface area contributed by atoms with Gasteiger partial charge in [0.2, 0.25) is 15.9 Å². The second-order valence-corrected chi connectivity index (χ2v) is 7.90. The molecule has 9 heteroatoms. The Morgan fingerprint density at radius 2 is 1.81 bits per heavy atom. The van der Waals surface area contributed by atoms with Gasteiger partial charge >= 0.3 is 0 Å². The summed E-state index contributed by atoms with van der Waals surface area (Å²) < 4.78 is 40.2. The zero-order valence-corrected chi connectivity index (χ0v) is 16.3. The molecule has 0 heterocycles. The van der Waals surface area contributed by atoms with Gasteiger partial charge in [-0.1, -0.05) is 13.8 Å². The minimum Gasteiger partial charge on any atom is -0.354 e. The van der Waals surface area contributed by atoms with E-state index >= 15 is 0 Å². The number of benzene rings is 1. The van der Waals surface area contributed by atoms with Gasteiger partial charge in [-0.25, -0.2) is 12.8 Å². The topological polar surface area (TPSA) is 95.6 Å². The Balaban J connectivity index is 2.90. The standard InChI is InChI=1S/C17H26FN3O4S/c1-5-21(6-2)26(24,25)13-7-8-15(18)14(11-13)17(23)19-10-9-16(22)20-12(3)4/h7-8,11-12H,5-6,9-10H2,1-4H3,(H,19,23)(H,20,22). The van der Waals surface area contributed by atoms with Gasteiger partial charge in [0.05, 0.1) is 10.5 Å². The van der Waals surface area contributed by atoms with Crippen LogP contribution in [0.25, 0.3) is 0 Å². The van der Waals surface area contributed by atoms with Crippen LogP contribution in [0.1, 0.15) is 44.5 Å². The van der Waals surface area contributed by atoms with Gasteiger partial charge < -0.3 is 10.6 Å². The number of carbonyl (C=O) groups excluding carboxylic acids is 2. The summed E-state index contributed by atoms with van der Waals surface area (Å²) in [4.78, 5) is 23.6. The molecule has 1 rings (SSSR count). The Labute approximate surface area is 154 Å². The number of amides is 2. The van der Waals surface area contributed by atoms with E-state index in [0.29, 0.717) is 0 Å². The molecule has 0 saturated heterocycles. The highest BCUT2D eigenvalue weighted by Gasteiger charge is 2.24. The van der Waals surface area contributed by atoms with Gasteiger partial charge in [-0.15, -0.1) is 0 Å². The summed E-state index contributed by atoms with van der Waals surface area (Å²) in [7, 11) is -3.80. The Kier molecular flexibility index (Phi) is 8.16. The molecule has 0 atom stereocenters. The fourth-order valence-electron chi connectivity index (χ4n) is 2.33. The molecular formula is C17H26FN3O4S. The van der Waals surface area contributed by atoms with Crippen LogP contribution in [-0.4, -0.2) is 50.2 Å². The zero-order chi connectivity index (χ0) is 19.9. The molecule has 2 N–H and O–H groups in total. The highest BCUT2D eigenvalue weighted by Crippen LogP contribution is 2.19. The number of halogens is 1. The zero-order valence-electron chi connectivity index (χ0n) is 15.5. The van der Waals surface area contributed by atoms with Gasteiger partial charge in [0.15, 0.2) is 0 Å². The first-order chi connectivity index (χ1) is 12.1. The van der Waals surface area contributed by atoms with Gasteiger partial charge in [0, 0.05) is 32.1 Å². The average Bonchev–Trinajstić information content (AvgIpc) is 2.55. The molecule has 0 radical (unpaired) electrons. The van der Waals surface area contributed by atoms with Crippen LogP contribution >= 0.6 is 0 Å². The molecule has 146 valence electrons. The van der Waals surface area contributed by atoms with Crippen LogP contribution in [-0.2, 0) is 14.8 Å². The Hall–Kier alpha value is -2.00. The number of nitrogens with zero attached hydrogens (tertiary/aromatic N) is 1. The van der Waals surface area contributed by atoms with Crippen molar-refractivity contribution in [1.82, 2.24) is 14.9 Å². The lowest BCUT2D eigenvalue weighted by Gasteiger charge is -2.19. The molecule has 0 aromatic heterocycles. The fraction of sp³-hybridized carbons (Fsp3) is 0.529. The molecule has 0 bridgehead atoms. The molecule has 0 spiro atoms. The van der Waals surface area contributed by atoms with E-state index in [0.717, 1.165) is 18.2 Å². The van der Waals surface area contributed by atoms with Crippen LogP contribution in [0.2, 0.25) is 0 Å². The second-order valence-electron chi connectivity index (χ2n) is 5.96. The number of sulfonamides is 1. The van der Waals surface area contributed by atoms with Crippen LogP contribution in [0.3, 0.4) is 0 Å². The van der Waals surface area contributed by atoms with Crippen molar-refractivity contribution in [3.8, 4) is 0 Å². The summed E-state index contributed by atoms with van der Waals surface area (Å²) in [5.74, 6) is -1.83. The van der Waals surface area contributed by atoms with Crippen LogP contribution < -0.4 is 10.6 Å². The predicted molar refractivity (Wildman–Crippen MR) is 96.7 cm³/mol. The summed E-state index contributed by atoms with van der Waals surface area (Å²) in [5.41, 5.74) is -0.373. The van der Waals surface area contributed by atoms with Crippen LogP contribution in [0.15, 0.2) is 23.1 Å². The molecule has 7 nitrogen and oxygen atoms in total. The maximum absolute atomic E-state index is 14.0. The third-order valence-electron chi connectivity index (χ3n) is 3.61. The quantitative estimate of drug-likeness (QED) is 0.671. The summed E-state index contributed by atoms with van der Waals surface area (Å²) in [5, 5.41) is 5.10. The summed E-state index contributed by atoms with van der Waals surface area (Å²) in [6.45, 7) is 7.57. The van der Waals surface area contributed by atoms with E-state index in [4.69, 9.17) is 0 Å². The van der Waals surface area contributed by atoms with E-state index in [9.17, 15) is 22.4 Å². The molecule has 0 aliphatic rings. The van der Waals surface area contributed by atoms with Gasteiger partial charge in [-0.05, 0) is 32.0 Å².